The van der Waals surface area contributed by atoms with Gasteiger partial charge in [-0.2, -0.15) is 0 Å². The van der Waals surface area contributed by atoms with Gasteiger partial charge in [0.05, 0.1) is 0 Å². The average Bonchev–Trinajstić information content (AvgIpc) is 2.40. The Hall–Kier alpha value is -0.930. The Labute approximate surface area is 104 Å². The summed E-state index contributed by atoms with van der Waals surface area (Å²) in [6, 6.07) is 5.22. The summed E-state index contributed by atoms with van der Waals surface area (Å²) in [6.07, 6.45) is 6.31. The van der Waals surface area contributed by atoms with Crippen LogP contribution in [0.15, 0.2) is 24.5 Å². The van der Waals surface area contributed by atoms with Crippen LogP contribution < -0.4 is 5.32 Å². The lowest BCUT2D eigenvalue weighted by molar-refractivity contribution is 0.200. The van der Waals surface area contributed by atoms with Crippen LogP contribution in [0.3, 0.4) is 0 Å². The first-order chi connectivity index (χ1) is 8.29. The molecule has 0 amide bonds. The van der Waals surface area contributed by atoms with Crippen molar-refractivity contribution < 1.29 is 0 Å². The van der Waals surface area contributed by atoms with E-state index in [0.717, 1.165) is 0 Å². The predicted octanol–water partition coefficient (Wildman–Crippen LogP) is 2.22. The highest BCUT2D eigenvalue weighted by molar-refractivity contribution is 5.13. The standard InChI is InChI=1S/C14H23N3/c1-3-17-9-6-14(7-10-17)16-12(2)13-5-4-8-15-11-13/h4-5,8,11-12,14,16H,3,6-7,9-10H2,1-2H3/t12-/m1/s1. The summed E-state index contributed by atoms with van der Waals surface area (Å²) in [5, 5.41) is 3.71. The second kappa shape index (κ2) is 6.12. The van der Waals surface area contributed by atoms with Gasteiger partial charge in [-0.15, -0.1) is 0 Å². The minimum atomic E-state index is 0.405. The topological polar surface area (TPSA) is 28.2 Å². The molecule has 1 N–H and O–H groups in total. The summed E-state index contributed by atoms with van der Waals surface area (Å²) in [7, 11) is 0. The monoisotopic (exact) mass is 233 g/mol. The molecule has 1 atom stereocenters. The van der Waals surface area contributed by atoms with Crippen LogP contribution in [0.25, 0.3) is 0 Å². The average molecular weight is 233 g/mol. The van der Waals surface area contributed by atoms with E-state index in [2.05, 4.69) is 35.1 Å². The molecule has 2 heterocycles. The summed E-state index contributed by atoms with van der Waals surface area (Å²) in [6.45, 7) is 8.11. The van der Waals surface area contributed by atoms with Gasteiger partial charge in [0, 0.05) is 24.5 Å². The number of hydrogen-bond acceptors (Lipinski definition) is 3. The largest absolute Gasteiger partial charge is 0.307 e. The molecule has 3 nitrogen and oxygen atoms in total. The maximum Gasteiger partial charge on any atom is 0.0315 e. The van der Waals surface area contributed by atoms with E-state index in [1.54, 1.807) is 0 Å². The van der Waals surface area contributed by atoms with Crippen molar-refractivity contribution in [3.8, 4) is 0 Å². The molecule has 0 aromatic carbocycles. The van der Waals surface area contributed by atoms with Gasteiger partial charge < -0.3 is 10.2 Å². The number of nitrogens with zero attached hydrogens (tertiary/aromatic N) is 2. The summed E-state index contributed by atoms with van der Waals surface area (Å²) in [5.41, 5.74) is 1.28. The summed E-state index contributed by atoms with van der Waals surface area (Å²) in [5.74, 6) is 0. The van der Waals surface area contributed by atoms with Gasteiger partial charge in [-0.05, 0) is 51.0 Å². The van der Waals surface area contributed by atoms with E-state index in [0.29, 0.717) is 12.1 Å². The van der Waals surface area contributed by atoms with Crippen LogP contribution in [0.5, 0.6) is 0 Å². The van der Waals surface area contributed by atoms with Crippen LogP contribution in [-0.4, -0.2) is 35.6 Å². The molecule has 2 rings (SSSR count). The molecule has 1 fully saturated rings. The molecule has 17 heavy (non-hydrogen) atoms. The molecule has 0 unspecified atom stereocenters. The molecular weight excluding hydrogens is 210 g/mol. The lowest BCUT2D eigenvalue weighted by Gasteiger charge is -2.33. The Bertz CT molecular complexity index is 317. The van der Waals surface area contributed by atoms with Crippen LogP contribution in [0.2, 0.25) is 0 Å². The molecule has 94 valence electrons. The van der Waals surface area contributed by atoms with Crippen molar-refractivity contribution in [1.82, 2.24) is 15.2 Å². The van der Waals surface area contributed by atoms with E-state index >= 15 is 0 Å². The van der Waals surface area contributed by atoms with E-state index in [9.17, 15) is 0 Å². The first kappa shape index (κ1) is 12.5. The molecule has 1 aliphatic rings. The highest BCUT2D eigenvalue weighted by Crippen LogP contribution is 2.16. The third-order valence-electron chi connectivity index (χ3n) is 3.70. The van der Waals surface area contributed by atoms with Crippen molar-refractivity contribution in [3.63, 3.8) is 0 Å². The highest BCUT2D eigenvalue weighted by Gasteiger charge is 2.19. The van der Waals surface area contributed by atoms with Crippen molar-refractivity contribution in [2.24, 2.45) is 0 Å². The Morgan fingerprint density at radius 3 is 2.82 bits per heavy atom. The van der Waals surface area contributed by atoms with Gasteiger partial charge in [0.2, 0.25) is 0 Å². The molecule has 1 aliphatic heterocycles. The molecule has 1 aromatic rings. The Kier molecular flexibility index (Phi) is 4.51. The third kappa shape index (κ3) is 3.51. The van der Waals surface area contributed by atoms with Crippen LogP contribution in [0.4, 0.5) is 0 Å². The summed E-state index contributed by atoms with van der Waals surface area (Å²) < 4.78 is 0. The van der Waals surface area contributed by atoms with Gasteiger partial charge in [-0.3, -0.25) is 4.98 Å². The molecular formula is C14H23N3. The van der Waals surface area contributed by atoms with Crippen molar-refractivity contribution >= 4 is 0 Å². The van der Waals surface area contributed by atoms with Crippen molar-refractivity contribution in [3.05, 3.63) is 30.1 Å². The second-order valence-corrected chi connectivity index (χ2v) is 4.88. The fourth-order valence-corrected chi connectivity index (χ4v) is 2.50. The zero-order valence-electron chi connectivity index (χ0n) is 10.9. The molecule has 0 radical (unpaired) electrons. The van der Waals surface area contributed by atoms with Gasteiger partial charge in [0.25, 0.3) is 0 Å². The molecule has 1 aromatic heterocycles. The maximum atomic E-state index is 4.18. The van der Waals surface area contributed by atoms with E-state index in [-0.39, 0.29) is 0 Å². The number of rotatable bonds is 4. The van der Waals surface area contributed by atoms with Gasteiger partial charge in [0.15, 0.2) is 0 Å². The minimum absolute atomic E-state index is 0.405. The number of nitrogens with one attached hydrogen (secondary N) is 1. The first-order valence-electron chi connectivity index (χ1n) is 6.68. The summed E-state index contributed by atoms with van der Waals surface area (Å²) >= 11 is 0. The van der Waals surface area contributed by atoms with Crippen LogP contribution >= 0.6 is 0 Å². The lowest BCUT2D eigenvalue weighted by atomic mass is 10.0. The lowest BCUT2D eigenvalue weighted by Crippen LogP contribution is -2.43. The Morgan fingerprint density at radius 2 is 2.24 bits per heavy atom. The zero-order chi connectivity index (χ0) is 12.1. The Morgan fingerprint density at radius 1 is 1.47 bits per heavy atom. The summed E-state index contributed by atoms with van der Waals surface area (Å²) in [4.78, 5) is 6.70. The molecule has 3 heteroatoms. The predicted molar refractivity (Wildman–Crippen MR) is 70.9 cm³/mol. The van der Waals surface area contributed by atoms with Crippen molar-refractivity contribution in [2.45, 2.75) is 38.8 Å². The van der Waals surface area contributed by atoms with Crippen molar-refractivity contribution in [1.29, 1.82) is 0 Å². The highest BCUT2D eigenvalue weighted by atomic mass is 15.1. The van der Waals surface area contributed by atoms with E-state index in [1.807, 2.05) is 18.5 Å². The second-order valence-electron chi connectivity index (χ2n) is 4.88. The van der Waals surface area contributed by atoms with E-state index in [4.69, 9.17) is 0 Å². The first-order valence-corrected chi connectivity index (χ1v) is 6.68. The van der Waals surface area contributed by atoms with E-state index in [1.165, 1.54) is 38.0 Å². The van der Waals surface area contributed by atoms with Gasteiger partial charge in [-0.1, -0.05) is 13.0 Å². The van der Waals surface area contributed by atoms with Crippen molar-refractivity contribution in [2.75, 3.05) is 19.6 Å². The number of hydrogen-bond donors (Lipinski definition) is 1. The minimum Gasteiger partial charge on any atom is -0.307 e. The Balaban J connectivity index is 1.82. The smallest absolute Gasteiger partial charge is 0.0315 e. The number of aromatic nitrogens is 1. The van der Waals surface area contributed by atoms with Gasteiger partial charge in [-0.25, -0.2) is 0 Å². The maximum absolute atomic E-state index is 4.18. The van der Waals surface area contributed by atoms with Crippen LogP contribution in [0.1, 0.15) is 38.3 Å². The molecule has 0 saturated carbocycles. The zero-order valence-corrected chi connectivity index (χ0v) is 10.9. The number of piperidine rings is 1. The number of likely N-dealkylation sites (tertiary alicyclic amines) is 1. The van der Waals surface area contributed by atoms with Crippen LogP contribution in [-0.2, 0) is 0 Å². The fourth-order valence-electron chi connectivity index (χ4n) is 2.50. The van der Waals surface area contributed by atoms with Gasteiger partial charge in [0.1, 0.15) is 0 Å². The SMILES string of the molecule is CCN1CCC(N[C@H](C)c2cccnc2)CC1. The fraction of sp³-hybridized carbons (Fsp3) is 0.643. The molecule has 0 spiro atoms. The molecule has 0 bridgehead atoms. The van der Waals surface area contributed by atoms with E-state index < -0.39 is 0 Å². The van der Waals surface area contributed by atoms with Crippen LogP contribution in [0, 0.1) is 0 Å². The normalized spacial score (nSPS) is 20.4. The third-order valence-corrected chi connectivity index (χ3v) is 3.70. The molecule has 0 aliphatic carbocycles. The molecule has 1 saturated heterocycles. The number of pyridine rings is 1. The van der Waals surface area contributed by atoms with Gasteiger partial charge >= 0.3 is 0 Å². The quantitative estimate of drug-likeness (QED) is 0.864.